The maximum absolute atomic E-state index is 9.31. The molecule has 0 aliphatic rings. The van der Waals surface area contributed by atoms with Gasteiger partial charge in [-0.05, 0) is 30.0 Å². The van der Waals surface area contributed by atoms with Crippen LogP contribution in [0.15, 0.2) is 18.2 Å². The van der Waals surface area contributed by atoms with Gasteiger partial charge in [0.25, 0.3) is 0 Å². The molecule has 19 heavy (non-hydrogen) atoms. The number of nitriles is 1. The maximum Gasteiger partial charge on any atom is 0.136 e. The van der Waals surface area contributed by atoms with Crippen LogP contribution in [0, 0.1) is 17.2 Å². The van der Waals surface area contributed by atoms with Gasteiger partial charge < -0.3 is 15.2 Å². The van der Waals surface area contributed by atoms with E-state index in [9.17, 15) is 5.11 Å². The minimum absolute atomic E-state index is 0.0987. The van der Waals surface area contributed by atoms with E-state index in [0.717, 1.165) is 12.0 Å². The number of hydrogen-bond acceptors (Lipinski definition) is 4. The molecule has 0 aromatic heterocycles. The first-order valence-corrected chi connectivity index (χ1v) is 6.52. The summed E-state index contributed by atoms with van der Waals surface area (Å²) in [7, 11) is 1.56. The number of nitrogens with zero attached hydrogens (tertiary/aromatic N) is 1. The summed E-state index contributed by atoms with van der Waals surface area (Å²) in [6.45, 7) is 5.05. The zero-order valence-corrected chi connectivity index (χ0v) is 11.8. The number of ether oxygens (including phenoxy) is 1. The van der Waals surface area contributed by atoms with Crippen molar-refractivity contribution in [2.75, 3.05) is 13.7 Å². The molecule has 0 spiro atoms. The lowest BCUT2D eigenvalue weighted by atomic mass is 10.0. The van der Waals surface area contributed by atoms with Crippen LogP contribution < -0.4 is 10.1 Å². The van der Waals surface area contributed by atoms with Crippen molar-refractivity contribution in [2.45, 2.75) is 32.9 Å². The van der Waals surface area contributed by atoms with Crippen LogP contribution in [0.3, 0.4) is 0 Å². The molecular weight excluding hydrogens is 240 g/mol. The summed E-state index contributed by atoms with van der Waals surface area (Å²) >= 11 is 0. The number of hydrogen-bond donors (Lipinski definition) is 2. The van der Waals surface area contributed by atoms with Crippen LogP contribution >= 0.6 is 0 Å². The lowest BCUT2D eigenvalue weighted by molar-refractivity contribution is 0.223. The van der Waals surface area contributed by atoms with Crippen LogP contribution in [0.4, 0.5) is 0 Å². The molecule has 0 aliphatic heterocycles. The maximum atomic E-state index is 9.31. The SMILES string of the molecule is COc1cc(CNC(CO)CC(C)C)ccc1C#N. The molecule has 0 heterocycles. The topological polar surface area (TPSA) is 65.3 Å². The van der Waals surface area contributed by atoms with Crippen LogP contribution in [0.5, 0.6) is 5.75 Å². The number of aliphatic hydroxyl groups excluding tert-OH is 1. The highest BCUT2D eigenvalue weighted by Crippen LogP contribution is 2.19. The van der Waals surface area contributed by atoms with E-state index in [1.165, 1.54) is 0 Å². The normalized spacial score (nSPS) is 12.2. The minimum Gasteiger partial charge on any atom is -0.495 e. The van der Waals surface area contributed by atoms with Crippen molar-refractivity contribution in [3.63, 3.8) is 0 Å². The lowest BCUT2D eigenvalue weighted by Gasteiger charge is -2.18. The third kappa shape index (κ3) is 4.90. The van der Waals surface area contributed by atoms with Crippen LogP contribution in [-0.2, 0) is 6.54 Å². The molecule has 1 atom stereocenters. The molecule has 0 saturated carbocycles. The highest BCUT2D eigenvalue weighted by Gasteiger charge is 2.10. The molecule has 104 valence electrons. The first kappa shape index (κ1) is 15.5. The second-order valence-electron chi connectivity index (χ2n) is 5.04. The molecule has 0 radical (unpaired) electrons. The Kier molecular flexibility index (Phi) is 6.34. The van der Waals surface area contributed by atoms with E-state index in [1.807, 2.05) is 12.1 Å². The van der Waals surface area contributed by atoms with Gasteiger partial charge in [0.15, 0.2) is 0 Å². The lowest BCUT2D eigenvalue weighted by Crippen LogP contribution is -2.33. The van der Waals surface area contributed by atoms with Gasteiger partial charge in [0.1, 0.15) is 11.8 Å². The summed E-state index contributed by atoms with van der Waals surface area (Å²) in [5, 5.41) is 21.5. The third-order valence-corrected chi connectivity index (χ3v) is 2.96. The van der Waals surface area contributed by atoms with Gasteiger partial charge in [-0.1, -0.05) is 19.9 Å². The van der Waals surface area contributed by atoms with Gasteiger partial charge in [0.2, 0.25) is 0 Å². The van der Waals surface area contributed by atoms with Gasteiger partial charge >= 0.3 is 0 Å². The van der Waals surface area contributed by atoms with Crippen LogP contribution in [0.25, 0.3) is 0 Å². The van der Waals surface area contributed by atoms with Gasteiger partial charge in [-0.25, -0.2) is 0 Å². The number of methoxy groups -OCH3 is 1. The fraction of sp³-hybridized carbons (Fsp3) is 0.533. The second-order valence-corrected chi connectivity index (χ2v) is 5.04. The number of aliphatic hydroxyl groups is 1. The number of nitrogens with one attached hydrogen (secondary N) is 1. The van der Waals surface area contributed by atoms with Crippen molar-refractivity contribution < 1.29 is 9.84 Å². The standard InChI is InChI=1S/C15H22N2O2/c1-11(2)6-14(10-18)17-9-12-4-5-13(8-16)15(7-12)19-3/h4-5,7,11,14,17-18H,6,9-10H2,1-3H3. The van der Waals surface area contributed by atoms with E-state index in [-0.39, 0.29) is 12.6 Å². The fourth-order valence-corrected chi connectivity index (χ4v) is 1.99. The molecule has 1 aromatic carbocycles. The van der Waals surface area contributed by atoms with E-state index in [1.54, 1.807) is 13.2 Å². The van der Waals surface area contributed by atoms with Gasteiger partial charge in [-0.15, -0.1) is 0 Å². The van der Waals surface area contributed by atoms with Crippen molar-refractivity contribution in [3.8, 4) is 11.8 Å². The zero-order chi connectivity index (χ0) is 14.3. The molecule has 1 unspecified atom stereocenters. The molecule has 1 aromatic rings. The Morgan fingerprint density at radius 3 is 2.68 bits per heavy atom. The van der Waals surface area contributed by atoms with E-state index in [4.69, 9.17) is 10.00 Å². The summed E-state index contributed by atoms with van der Waals surface area (Å²) < 4.78 is 5.17. The molecule has 2 N–H and O–H groups in total. The van der Waals surface area contributed by atoms with Gasteiger partial charge in [-0.2, -0.15) is 5.26 Å². The highest BCUT2D eigenvalue weighted by molar-refractivity contribution is 5.45. The number of benzene rings is 1. The average Bonchev–Trinajstić information content (AvgIpc) is 2.42. The summed E-state index contributed by atoms with van der Waals surface area (Å²) in [4.78, 5) is 0. The van der Waals surface area contributed by atoms with E-state index >= 15 is 0 Å². The Labute approximate surface area is 115 Å². The predicted molar refractivity (Wildman–Crippen MR) is 74.9 cm³/mol. The second kappa shape index (κ2) is 7.78. The van der Waals surface area contributed by atoms with E-state index < -0.39 is 0 Å². The highest BCUT2D eigenvalue weighted by atomic mass is 16.5. The summed E-state index contributed by atoms with van der Waals surface area (Å²) in [6.07, 6.45) is 0.934. The van der Waals surface area contributed by atoms with Crippen molar-refractivity contribution in [2.24, 2.45) is 5.92 Å². The van der Waals surface area contributed by atoms with Gasteiger partial charge in [0, 0.05) is 12.6 Å². The molecule has 1 rings (SSSR count). The molecule has 0 saturated heterocycles. The Balaban J connectivity index is 2.65. The van der Waals surface area contributed by atoms with Crippen LogP contribution in [0.2, 0.25) is 0 Å². The first-order valence-electron chi connectivity index (χ1n) is 6.52. The summed E-state index contributed by atoms with van der Waals surface area (Å²) in [5.41, 5.74) is 1.57. The summed E-state index contributed by atoms with van der Waals surface area (Å²) in [6, 6.07) is 7.70. The van der Waals surface area contributed by atoms with E-state index in [0.29, 0.717) is 23.8 Å². The van der Waals surface area contributed by atoms with Crippen molar-refractivity contribution >= 4 is 0 Å². The zero-order valence-electron chi connectivity index (χ0n) is 11.8. The summed E-state index contributed by atoms with van der Waals surface area (Å²) in [5.74, 6) is 1.13. The molecule has 0 bridgehead atoms. The molecule has 0 aliphatic carbocycles. The average molecular weight is 262 g/mol. The first-order chi connectivity index (χ1) is 9.10. The molecule has 4 heteroatoms. The largest absolute Gasteiger partial charge is 0.495 e. The van der Waals surface area contributed by atoms with Gasteiger partial charge in [0.05, 0.1) is 19.3 Å². The third-order valence-electron chi connectivity index (χ3n) is 2.96. The van der Waals surface area contributed by atoms with Crippen molar-refractivity contribution in [3.05, 3.63) is 29.3 Å². The van der Waals surface area contributed by atoms with E-state index in [2.05, 4.69) is 25.2 Å². The van der Waals surface area contributed by atoms with Crippen molar-refractivity contribution in [1.82, 2.24) is 5.32 Å². The Bertz CT molecular complexity index is 438. The van der Waals surface area contributed by atoms with Crippen molar-refractivity contribution in [1.29, 1.82) is 5.26 Å². The fourth-order valence-electron chi connectivity index (χ4n) is 1.99. The monoisotopic (exact) mass is 262 g/mol. The smallest absolute Gasteiger partial charge is 0.136 e. The molecule has 4 nitrogen and oxygen atoms in total. The molecule has 0 fully saturated rings. The van der Waals surface area contributed by atoms with Gasteiger partial charge in [-0.3, -0.25) is 0 Å². The predicted octanol–water partition coefficient (Wildman–Crippen LogP) is 2.06. The Hall–Kier alpha value is -1.57. The van der Waals surface area contributed by atoms with Crippen LogP contribution in [0.1, 0.15) is 31.4 Å². The quantitative estimate of drug-likeness (QED) is 0.789. The Morgan fingerprint density at radius 1 is 1.42 bits per heavy atom. The van der Waals surface area contributed by atoms with Crippen LogP contribution in [-0.4, -0.2) is 24.9 Å². The number of rotatable bonds is 7. The molecular formula is C15H22N2O2. The molecule has 0 amide bonds. The minimum atomic E-state index is 0.0987. The Morgan fingerprint density at radius 2 is 2.16 bits per heavy atom.